The molecule has 0 bridgehead atoms. The third kappa shape index (κ3) is 4.30. The first-order valence-corrected chi connectivity index (χ1v) is 8.19. The molecule has 0 aliphatic carbocycles. The van der Waals surface area contributed by atoms with Crippen molar-refractivity contribution in [2.24, 2.45) is 0 Å². The molecule has 0 saturated carbocycles. The predicted octanol–water partition coefficient (Wildman–Crippen LogP) is 3.75. The van der Waals surface area contributed by atoms with Crippen LogP contribution in [0.25, 0.3) is 10.9 Å². The number of ether oxygens (including phenoxy) is 1. The number of hydrogen-bond donors (Lipinski definition) is 2. The van der Waals surface area contributed by atoms with Crippen LogP contribution in [0.15, 0.2) is 34.4 Å². The number of aromatic amines is 1. The summed E-state index contributed by atoms with van der Waals surface area (Å²) in [6, 6.07) is 6.94. The lowest BCUT2D eigenvalue weighted by Gasteiger charge is -2.22. The Hall–Kier alpha value is -2.11. The Bertz CT molecular complexity index is 838. The summed E-state index contributed by atoms with van der Waals surface area (Å²) in [7, 11) is 3.50. The molecule has 2 rings (SSSR count). The maximum Gasteiger partial charge on any atom is 0.272 e. The summed E-state index contributed by atoms with van der Waals surface area (Å²) >= 11 is 3.28. The highest BCUT2D eigenvalue weighted by molar-refractivity contribution is 9.10. The van der Waals surface area contributed by atoms with Crippen molar-refractivity contribution >= 4 is 26.8 Å². The number of alkyl halides is 2. The fourth-order valence-corrected chi connectivity index (χ4v) is 2.78. The van der Waals surface area contributed by atoms with Crippen molar-refractivity contribution in [1.82, 2.24) is 9.88 Å². The zero-order valence-corrected chi connectivity index (χ0v) is 15.6. The van der Waals surface area contributed by atoms with Crippen molar-refractivity contribution in [1.29, 1.82) is 5.26 Å². The number of nitrogens with zero attached hydrogens (tertiary/aromatic N) is 2. The molecule has 0 radical (unpaired) electrons. The second kappa shape index (κ2) is 7.42. The molecule has 0 aliphatic heterocycles. The molecule has 134 valence electrons. The van der Waals surface area contributed by atoms with E-state index in [4.69, 9.17) is 4.74 Å². The summed E-state index contributed by atoms with van der Waals surface area (Å²) in [6.07, 6.45) is -1.03. The Morgan fingerprint density at radius 1 is 1.48 bits per heavy atom. The number of benzene rings is 1. The molecule has 1 aromatic heterocycles. The van der Waals surface area contributed by atoms with Gasteiger partial charge >= 0.3 is 0 Å². The van der Waals surface area contributed by atoms with Crippen LogP contribution in [0.4, 0.5) is 8.78 Å². The Morgan fingerprint density at radius 2 is 2.16 bits per heavy atom. The molecule has 1 aromatic carbocycles. The lowest BCUT2D eigenvalue weighted by molar-refractivity contribution is 0.0816. The van der Waals surface area contributed by atoms with E-state index in [1.165, 1.54) is 6.92 Å². The minimum Gasteiger partial charge on any atom is -0.486 e. The van der Waals surface area contributed by atoms with Gasteiger partial charge in [0.1, 0.15) is 18.0 Å². The molecular weight excluding hydrogens is 396 g/mol. The zero-order valence-electron chi connectivity index (χ0n) is 14.0. The molecule has 8 heteroatoms. The van der Waals surface area contributed by atoms with Crippen molar-refractivity contribution in [2.45, 2.75) is 19.0 Å². The molecule has 0 aliphatic rings. The van der Waals surface area contributed by atoms with Gasteiger partial charge in [0.05, 0.1) is 21.8 Å². The van der Waals surface area contributed by atoms with E-state index in [1.54, 1.807) is 43.4 Å². The van der Waals surface area contributed by atoms with Crippen LogP contribution in [-0.2, 0) is 5.60 Å². The highest BCUT2D eigenvalue weighted by atomic mass is 79.9. The summed E-state index contributed by atoms with van der Waals surface area (Å²) in [4.78, 5) is 4.73. The number of nitriles is 1. The summed E-state index contributed by atoms with van der Waals surface area (Å²) in [5.41, 5.74) is -0.282. The molecule has 2 N–H and O–H groups in total. The number of nitrogens with one attached hydrogen (secondary N) is 1. The van der Waals surface area contributed by atoms with Crippen molar-refractivity contribution in [3.05, 3.63) is 40.1 Å². The molecule has 0 spiro atoms. The van der Waals surface area contributed by atoms with Crippen molar-refractivity contribution in [2.75, 3.05) is 20.7 Å². The summed E-state index contributed by atoms with van der Waals surface area (Å²) in [5.74, 6) is 0.280. The van der Waals surface area contributed by atoms with E-state index in [0.717, 1.165) is 0 Å². The highest BCUT2D eigenvalue weighted by Gasteiger charge is 2.31. The van der Waals surface area contributed by atoms with Gasteiger partial charge in [-0.05, 0) is 41.1 Å². The lowest BCUT2D eigenvalue weighted by atomic mass is 9.93. The van der Waals surface area contributed by atoms with Gasteiger partial charge in [-0.3, -0.25) is 0 Å². The van der Waals surface area contributed by atoms with Crippen LogP contribution in [0.5, 0.6) is 5.75 Å². The van der Waals surface area contributed by atoms with Crippen LogP contribution in [-0.4, -0.2) is 42.1 Å². The Balaban J connectivity index is 2.45. The third-order valence-corrected chi connectivity index (χ3v) is 4.21. The molecule has 25 heavy (non-hydrogen) atoms. The average molecular weight is 414 g/mol. The fraction of sp³-hybridized carbons (Fsp3) is 0.353. The standard InChI is InChI=1S/C17H18BrF2N3O2/c1-17(24,11(7-21)8-23(2)3)15-5-10-4-14(25-9-16(19)20)12(18)6-13(10)22-15/h4-6,8,16,22,24H,9H2,1-3H3/b11-8+. The number of halogens is 3. The fourth-order valence-electron chi connectivity index (χ4n) is 2.33. The van der Waals surface area contributed by atoms with Gasteiger partial charge in [-0.1, -0.05) is 0 Å². The SMILES string of the molecule is CN(C)/C=C(\C#N)C(C)(O)c1cc2cc(OCC(F)F)c(Br)cc2[nH]1. The minimum atomic E-state index is -2.57. The van der Waals surface area contributed by atoms with E-state index in [1.807, 2.05) is 6.07 Å². The molecule has 0 saturated heterocycles. The Labute approximate surface area is 152 Å². The number of fused-ring (bicyclic) bond motifs is 1. The maximum absolute atomic E-state index is 12.3. The number of aliphatic hydroxyl groups is 1. The smallest absolute Gasteiger partial charge is 0.272 e. The number of aromatic nitrogens is 1. The van der Waals surface area contributed by atoms with Crippen LogP contribution in [0, 0.1) is 11.3 Å². The first-order valence-electron chi connectivity index (χ1n) is 7.40. The number of hydrogen-bond acceptors (Lipinski definition) is 4. The third-order valence-electron chi connectivity index (χ3n) is 3.59. The van der Waals surface area contributed by atoms with Gasteiger partial charge in [-0.15, -0.1) is 0 Å². The van der Waals surface area contributed by atoms with Crippen molar-refractivity contribution in [3.63, 3.8) is 0 Å². The molecule has 1 unspecified atom stereocenters. The molecule has 1 atom stereocenters. The van der Waals surface area contributed by atoms with Crippen molar-refractivity contribution in [3.8, 4) is 11.8 Å². The van der Waals surface area contributed by atoms with Gasteiger partial charge in [-0.2, -0.15) is 5.26 Å². The van der Waals surface area contributed by atoms with Crippen LogP contribution in [0.3, 0.4) is 0 Å². The molecule has 5 nitrogen and oxygen atoms in total. The van der Waals surface area contributed by atoms with E-state index in [0.29, 0.717) is 21.1 Å². The first-order chi connectivity index (χ1) is 11.6. The molecule has 0 amide bonds. The normalized spacial score (nSPS) is 14.4. The molecule has 0 fully saturated rings. The van der Waals surface area contributed by atoms with Gasteiger partial charge in [0.15, 0.2) is 0 Å². The summed E-state index contributed by atoms with van der Waals surface area (Å²) in [5, 5.41) is 20.8. The van der Waals surface area contributed by atoms with Crippen LogP contribution in [0.2, 0.25) is 0 Å². The second-order valence-electron chi connectivity index (χ2n) is 5.95. The van der Waals surface area contributed by atoms with E-state index in [2.05, 4.69) is 20.9 Å². The van der Waals surface area contributed by atoms with Crippen LogP contribution in [0.1, 0.15) is 12.6 Å². The Morgan fingerprint density at radius 3 is 2.72 bits per heavy atom. The maximum atomic E-state index is 12.3. The zero-order chi connectivity index (χ0) is 18.8. The van der Waals surface area contributed by atoms with E-state index >= 15 is 0 Å². The van der Waals surface area contributed by atoms with Gasteiger partial charge in [0.2, 0.25) is 0 Å². The lowest BCUT2D eigenvalue weighted by Crippen LogP contribution is -2.25. The van der Waals surface area contributed by atoms with E-state index in [9.17, 15) is 19.1 Å². The quantitative estimate of drug-likeness (QED) is 0.707. The molecule has 1 heterocycles. The summed E-state index contributed by atoms with van der Waals surface area (Å²) < 4.78 is 30.3. The predicted molar refractivity (Wildman–Crippen MR) is 94.5 cm³/mol. The molecular formula is C17H18BrF2N3O2. The van der Waals surface area contributed by atoms with Crippen LogP contribution < -0.4 is 4.74 Å². The van der Waals surface area contributed by atoms with Gasteiger partial charge in [-0.25, -0.2) is 8.78 Å². The molecule has 2 aromatic rings. The Kier molecular flexibility index (Phi) is 5.70. The minimum absolute atomic E-state index is 0.164. The topological polar surface area (TPSA) is 72.3 Å². The number of rotatable bonds is 6. The number of H-pyrrole nitrogens is 1. The van der Waals surface area contributed by atoms with Crippen LogP contribution >= 0.6 is 15.9 Å². The first kappa shape index (κ1) is 19.2. The summed E-state index contributed by atoms with van der Waals surface area (Å²) in [6.45, 7) is 0.808. The average Bonchev–Trinajstić information content (AvgIpc) is 2.93. The van der Waals surface area contributed by atoms with E-state index < -0.39 is 18.6 Å². The largest absolute Gasteiger partial charge is 0.486 e. The van der Waals surface area contributed by atoms with Gasteiger partial charge < -0.3 is 19.7 Å². The monoisotopic (exact) mass is 413 g/mol. The van der Waals surface area contributed by atoms with Gasteiger partial charge in [0.25, 0.3) is 6.43 Å². The second-order valence-corrected chi connectivity index (χ2v) is 6.80. The van der Waals surface area contributed by atoms with Crippen molar-refractivity contribution < 1.29 is 18.6 Å². The van der Waals surface area contributed by atoms with Gasteiger partial charge in [0, 0.05) is 31.2 Å². The highest BCUT2D eigenvalue weighted by Crippen LogP contribution is 2.35. The van der Waals surface area contributed by atoms with E-state index in [-0.39, 0.29) is 11.3 Å².